The van der Waals surface area contributed by atoms with E-state index in [0.717, 1.165) is 23.0 Å². The van der Waals surface area contributed by atoms with Crippen LogP contribution in [0.4, 0.5) is 0 Å². The molecular formula is C14H26N2OS2. The highest BCUT2D eigenvalue weighted by atomic mass is 32.2. The second kappa shape index (κ2) is 11.5. The van der Waals surface area contributed by atoms with Gasteiger partial charge in [-0.05, 0) is 23.3 Å². The zero-order chi connectivity index (χ0) is 14.7. The standard InChI is InChI=1S/C14H26N2OS2/c1-11(2)7-18-9-13(10-19-8-12(3)4)14(17)16-6-5-15/h11-13H,6-10H2,1-4H3,(H,16,17). The summed E-state index contributed by atoms with van der Waals surface area (Å²) in [4.78, 5) is 12.0. The highest BCUT2D eigenvalue weighted by Crippen LogP contribution is 2.18. The third-order valence-corrected chi connectivity index (χ3v) is 5.33. The van der Waals surface area contributed by atoms with Crippen molar-refractivity contribution >= 4 is 29.4 Å². The Labute approximate surface area is 126 Å². The van der Waals surface area contributed by atoms with Crippen LogP contribution in [0.5, 0.6) is 0 Å². The largest absolute Gasteiger partial charge is 0.343 e. The number of nitriles is 1. The van der Waals surface area contributed by atoms with E-state index in [1.54, 1.807) is 0 Å². The molecular weight excluding hydrogens is 276 g/mol. The molecule has 0 fully saturated rings. The summed E-state index contributed by atoms with van der Waals surface area (Å²) in [6, 6.07) is 1.96. The van der Waals surface area contributed by atoms with Crippen LogP contribution >= 0.6 is 23.5 Å². The lowest BCUT2D eigenvalue weighted by atomic mass is 10.2. The number of thioether (sulfide) groups is 2. The molecule has 0 spiro atoms. The van der Waals surface area contributed by atoms with Gasteiger partial charge in [-0.25, -0.2) is 0 Å². The van der Waals surface area contributed by atoms with Crippen LogP contribution in [0.3, 0.4) is 0 Å². The molecule has 5 heteroatoms. The van der Waals surface area contributed by atoms with E-state index in [1.165, 1.54) is 0 Å². The topological polar surface area (TPSA) is 52.9 Å². The third kappa shape index (κ3) is 11.2. The maximum Gasteiger partial charge on any atom is 0.225 e. The fraction of sp³-hybridized carbons (Fsp3) is 0.857. The zero-order valence-corrected chi connectivity index (χ0v) is 14.1. The first-order valence-electron chi connectivity index (χ1n) is 6.77. The molecule has 1 amide bonds. The Balaban J connectivity index is 4.13. The van der Waals surface area contributed by atoms with Crippen LogP contribution in [0, 0.1) is 29.1 Å². The summed E-state index contributed by atoms with van der Waals surface area (Å²) in [5.74, 6) is 5.19. The van der Waals surface area contributed by atoms with Gasteiger partial charge in [0.15, 0.2) is 0 Å². The van der Waals surface area contributed by atoms with E-state index >= 15 is 0 Å². The van der Waals surface area contributed by atoms with Crippen LogP contribution < -0.4 is 5.32 Å². The molecule has 0 unspecified atom stereocenters. The monoisotopic (exact) mass is 302 g/mol. The lowest BCUT2D eigenvalue weighted by Gasteiger charge is -2.16. The molecule has 0 rings (SSSR count). The number of amides is 1. The predicted octanol–water partition coefficient (Wildman–Crippen LogP) is 3.02. The number of hydrogen-bond donors (Lipinski definition) is 1. The van der Waals surface area contributed by atoms with E-state index in [9.17, 15) is 4.79 Å². The minimum atomic E-state index is 0.0147. The lowest BCUT2D eigenvalue weighted by molar-refractivity contribution is -0.123. The summed E-state index contributed by atoms with van der Waals surface area (Å²) in [5, 5.41) is 11.2. The Morgan fingerprint density at radius 2 is 1.53 bits per heavy atom. The molecule has 0 saturated carbocycles. The first-order chi connectivity index (χ1) is 8.97. The van der Waals surface area contributed by atoms with Gasteiger partial charge in [0, 0.05) is 11.5 Å². The van der Waals surface area contributed by atoms with Crippen molar-refractivity contribution in [2.45, 2.75) is 27.7 Å². The van der Waals surface area contributed by atoms with Crippen LogP contribution in [0.1, 0.15) is 27.7 Å². The Kier molecular flexibility index (Phi) is 11.3. The number of rotatable bonds is 10. The SMILES string of the molecule is CC(C)CSCC(CSCC(C)C)C(=O)NCC#N. The molecule has 0 heterocycles. The summed E-state index contributed by atoms with van der Waals surface area (Å²) in [7, 11) is 0. The van der Waals surface area contributed by atoms with Crippen molar-refractivity contribution in [2.75, 3.05) is 29.6 Å². The van der Waals surface area contributed by atoms with Crippen molar-refractivity contribution in [1.82, 2.24) is 5.32 Å². The van der Waals surface area contributed by atoms with E-state index in [1.807, 2.05) is 29.6 Å². The summed E-state index contributed by atoms with van der Waals surface area (Å²) in [5.41, 5.74) is 0. The summed E-state index contributed by atoms with van der Waals surface area (Å²) >= 11 is 3.67. The third-order valence-electron chi connectivity index (χ3n) is 2.25. The molecule has 19 heavy (non-hydrogen) atoms. The van der Waals surface area contributed by atoms with Gasteiger partial charge < -0.3 is 5.32 Å². The van der Waals surface area contributed by atoms with Crippen LogP contribution in [0.25, 0.3) is 0 Å². The van der Waals surface area contributed by atoms with Crippen molar-refractivity contribution in [3.8, 4) is 6.07 Å². The Morgan fingerprint density at radius 1 is 1.05 bits per heavy atom. The molecule has 110 valence electrons. The van der Waals surface area contributed by atoms with Crippen LogP contribution in [-0.4, -0.2) is 35.5 Å². The van der Waals surface area contributed by atoms with Gasteiger partial charge in [-0.15, -0.1) is 0 Å². The molecule has 0 aliphatic carbocycles. The van der Waals surface area contributed by atoms with Crippen molar-refractivity contribution in [2.24, 2.45) is 17.8 Å². The fourth-order valence-electron chi connectivity index (χ4n) is 1.36. The highest BCUT2D eigenvalue weighted by Gasteiger charge is 2.18. The predicted molar refractivity (Wildman–Crippen MR) is 86.4 cm³/mol. The molecule has 0 aromatic rings. The van der Waals surface area contributed by atoms with E-state index in [-0.39, 0.29) is 18.4 Å². The number of nitrogens with one attached hydrogen (secondary N) is 1. The van der Waals surface area contributed by atoms with Crippen molar-refractivity contribution in [3.05, 3.63) is 0 Å². The fourth-order valence-corrected chi connectivity index (χ4v) is 3.83. The molecule has 0 bridgehead atoms. The smallest absolute Gasteiger partial charge is 0.225 e. The van der Waals surface area contributed by atoms with Gasteiger partial charge in [-0.1, -0.05) is 27.7 Å². The second-order valence-electron chi connectivity index (χ2n) is 5.44. The summed E-state index contributed by atoms with van der Waals surface area (Å²) < 4.78 is 0. The minimum Gasteiger partial charge on any atom is -0.343 e. The Hall–Kier alpha value is -0.340. The maximum absolute atomic E-state index is 12.0. The van der Waals surface area contributed by atoms with Crippen LogP contribution in [0.15, 0.2) is 0 Å². The van der Waals surface area contributed by atoms with E-state index in [4.69, 9.17) is 5.26 Å². The average molecular weight is 303 g/mol. The lowest BCUT2D eigenvalue weighted by Crippen LogP contribution is -2.34. The van der Waals surface area contributed by atoms with Crippen molar-refractivity contribution in [3.63, 3.8) is 0 Å². The van der Waals surface area contributed by atoms with E-state index in [2.05, 4.69) is 33.0 Å². The number of hydrogen-bond acceptors (Lipinski definition) is 4. The number of carbonyl (C=O) groups excluding carboxylic acids is 1. The van der Waals surface area contributed by atoms with Gasteiger partial charge in [0.2, 0.25) is 5.91 Å². The normalized spacial score (nSPS) is 11.1. The van der Waals surface area contributed by atoms with Gasteiger partial charge in [-0.3, -0.25) is 4.79 Å². The molecule has 0 aromatic heterocycles. The first kappa shape index (κ1) is 18.7. The van der Waals surface area contributed by atoms with Crippen LogP contribution in [0.2, 0.25) is 0 Å². The van der Waals surface area contributed by atoms with Gasteiger partial charge in [-0.2, -0.15) is 28.8 Å². The van der Waals surface area contributed by atoms with Crippen molar-refractivity contribution < 1.29 is 4.79 Å². The minimum absolute atomic E-state index is 0.0147. The maximum atomic E-state index is 12.0. The van der Waals surface area contributed by atoms with Gasteiger partial charge in [0.05, 0.1) is 12.0 Å². The number of nitrogens with zero attached hydrogens (tertiary/aromatic N) is 1. The molecule has 0 aliphatic rings. The highest BCUT2D eigenvalue weighted by molar-refractivity contribution is 8.00. The molecule has 3 nitrogen and oxygen atoms in total. The van der Waals surface area contributed by atoms with Gasteiger partial charge in [0.1, 0.15) is 6.54 Å². The first-order valence-corrected chi connectivity index (χ1v) is 9.08. The summed E-state index contributed by atoms with van der Waals surface area (Å²) in [6.07, 6.45) is 0. The average Bonchev–Trinajstić information content (AvgIpc) is 2.33. The van der Waals surface area contributed by atoms with Crippen LogP contribution in [-0.2, 0) is 4.79 Å². The molecule has 0 aliphatic heterocycles. The number of carbonyl (C=O) groups is 1. The van der Waals surface area contributed by atoms with Crippen molar-refractivity contribution in [1.29, 1.82) is 5.26 Å². The molecule has 0 atom stereocenters. The van der Waals surface area contributed by atoms with E-state index in [0.29, 0.717) is 11.8 Å². The molecule has 0 radical (unpaired) electrons. The van der Waals surface area contributed by atoms with E-state index < -0.39 is 0 Å². The quantitative estimate of drug-likeness (QED) is 0.630. The molecule has 0 saturated heterocycles. The Morgan fingerprint density at radius 3 is 1.89 bits per heavy atom. The zero-order valence-electron chi connectivity index (χ0n) is 12.4. The molecule has 1 N–H and O–H groups in total. The summed E-state index contributed by atoms with van der Waals surface area (Å²) in [6.45, 7) is 8.85. The molecule has 0 aromatic carbocycles. The second-order valence-corrected chi connectivity index (χ2v) is 7.59. The van der Waals surface area contributed by atoms with Gasteiger partial charge in [0.25, 0.3) is 0 Å². The Bertz CT molecular complexity index is 274. The van der Waals surface area contributed by atoms with Gasteiger partial charge >= 0.3 is 0 Å².